The summed E-state index contributed by atoms with van der Waals surface area (Å²) in [6, 6.07) is 0. The number of allylic oxidation sites excluding steroid dienone is 2. The molecule has 3 nitrogen and oxygen atoms in total. The van der Waals surface area contributed by atoms with Gasteiger partial charge in [0.25, 0.3) is 0 Å². The van der Waals surface area contributed by atoms with Gasteiger partial charge in [-0.05, 0) is 37.8 Å². The molecule has 2 aliphatic carbocycles. The first kappa shape index (κ1) is 13.6. The summed E-state index contributed by atoms with van der Waals surface area (Å²) in [7, 11) is 0. The monoisotopic (exact) mass is 256 g/mol. The van der Waals surface area contributed by atoms with Crippen molar-refractivity contribution in [1.82, 2.24) is 0 Å². The fourth-order valence-electron chi connectivity index (χ4n) is 2.26. The number of aliphatic hydroxyl groups is 1. The first-order valence-electron chi connectivity index (χ1n) is 6.45. The molecule has 1 N–H and O–H groups in total. The van der Waals surface area contributed by atoms with Crippen LogP contribution in [0.15, 0.2) is 11.1 Å². The molecule has 2 aliphatic rings. The van der Waals surface area contributed by atoms with Crippen LogP contribution in [0.1, 0.15) is 33.1 Å². The Balaban J connectivity index is 2.48. The van der Waals surface area contributed by atoms with E-state index in [2.05, 4.69) is 23.7 Å². The minimum atomic E-state index is -0.740. The highest BCUT2D eigenvalue weighted by Crippen LogP contribution is 2.28. The number of hydrogen-bond acceptors (Lipinski definition) is 3. The van der Waals surface area contributed by atoms with E-state index in [0.717, 1.165) is 6.42 Å². The van der Waals surface area contributed by atoms with Crippen molar-refractivity contribution in [3.8, 4) is 23.7 Å². The number of aliphatic hydroxyl groups excluding tert-OH is 1. The summed E-state index contributed by atoms with van der Waals surface area (Å²) in [5, 5.41) is 9.66. The van der Waals surface area contributed by atoms with E-state index in [9.17, 15) is 14.7 Å². The van der Waals surface area contributed by atoms with Gasteiger partial charge in [-0.2, -0.15) is 0 Å². The number of carbonyl (C=O) groups is 2. The van der Waals surface area contributed by atoms with Crippen molar-refractivity contribution in [2.24, 2.45) is 11.8 Å². The number of ketones is 2. The quantitative estimate of drug-likeness (QED) is 0.664. The molecule has 3 heteroatoms. The van der Waals surface area contributed by atoms with Gasteiger partial charge >= 0.3 is 0 Å². The largest absolute Gasteiger partial charge is 0.380 e. The molecule has 0 saturated carbocycles. The molecule has 0 aromatic carbocycles. The molecule has 0 aromatic rings. The summed E-state index contributed by atoms with van der Waals surface area (Å²) in [4.78, 5) is 24.4. The van der Waals surface area contributed by atoms with Gasteiger partial charge in [0, 0.05) is 6.42 Å². The maximum atomic E-state index is 12.2. The van der Waals surface area contributed by atoms with Crippen LogP contribution >= 0.6 is 0 Å². The third-order valence-electron chi connectivity index (χ3n) is 3.64. The van der Waals surface area contributed by atoms with E-state index in [4.69, 9.17) is 0 Å². The van der Waals surface area contributed by atoms with Gasteiger partial charge in [0.2, 0.25) is 0 Å². The lowest BCUT2D eigenvalue weighted by Crippen LogP contribution is -2.35. The number of fused-ring (bicyclic) bond motifs is 1. The van der Waals surface area contributed by atoms with E-state index in [-0.39, 0.29) is 11.6 Å². The number of hydrogen-bond donors (Lipinski definition) is 1. The zero-order valence-electron chi connectivity index (χ0n) is 11.1. The van der Waals surface area contributed by atoms with Crippen LogP contribution in [-0.4, -0.2) is 22.8 Å². The van der Waals surface area contributed by atoms with Crippen molar-refractivity contribution >= 4 is 11.6 Å². The smallest absolute Gasteiger partial charge is 0.175 e. The highest BCUT2D eigenvalue weighted by molar-refractivity contribution is 6.15. The number of rotatable bonds is 0. The zero-order chi connectivity index (χ0) is 14.0. The van der Waals surface area contributed by atoms with Crippen molar-refractivity contribution < 1.29 is 14.7 Å². The molecule has 0 heterocycles. The third-order valence-corrected chi connectivity index (χ3v) is 3.64. The van der Waals surface area contributed by atoms with Crippen LogP contribution in [-0.2, 0) is 9.59 Å². The van der Waals surface area contributed by atoms with Gasteiger partial charge in [0.15, 0.2) is 11.6 Å². The van der Waals surface area contributed by atoms with Crippen LogP contribution in [0.2, 0.25) is 0 Å². The fraction of sp³-hybridized carbons (Fsp3) is 0.500. The van der Waals surface area contributed by atoms with E-state index in [1.807, 2.05) is 0 Å². The first-order chi connectivity index (χ1) is 9.02. The van der Waals surface area contributed by atoms with Crippen LogP contribution in [0.3, 0.4) is 0 Å². The summed E-state index contributed by atoms with van der Waals surface area (Å²) < 4.78 is 0. The molecule has 0 fully saturated rings. The van der Waals surface area contributed by atoms with Crippen LogP contribution in [0, 0.1) is 35.5 Å². The Hall–Kier alpha value is -1.84. The normalized spacial score (nSPS) is 30.8. The molecule has 98 valence electrons. The van der Waals surface area contributed by atoms with E-state index >= 15 is 0 Å². The van der Waals surface area contributed by atoms with Gasteiger partial charge in [0.05, 0.1) is 0 Å². The van der Waals surface area contributed by atoms with Crippen molar-refractivity contribution in [2.75, 3.05) is 0 Å². The Morgan fingerprint density at radius 3 is 2.21 bits per heavy atom. The molecule has 0 saturated heterocycles. The third kappa shape index (κ3) is 2.62. The first-order valence-corrected chi connectivity index (χ1v) is 6.45. The minimum absolute atomic E-state index is 0.112. The Morgan fingerprint density at radius 2 is 1.58 bits per heavy atom. The lowest BCUT2D eigenvalue weighted by molar-refractivity contribution is -0.126. The predicted molar refractivity (Wildman–Crippen MR) is 70.8 cm³/mol. The van der Waals surface area contributed by atoms with Crippen LogP contribution < -0.4 is 0 Å². The van der Waals surface area contributed by atoms with E-state index in [0.29, 0.717) is 24.0 Å². The van der Waals surface area contributed by atoms with E-state index < -0.39 is 17.9 Å². The van der Waals surface area contributed by atoms with Crippen molar-refractivity contribution in [2.45, 2.75) is 39.2 Å². The fourth-order valence-corrected chi connectivity index (χ4v) is 2.26. The summed E-state index contributed by atoms with van der Waals surface area (Å²) in [6.45, 7) is 3.31. The Morgan fingerprint density at radius 1 is 1.00 bits per heavy atom. The lowest BCUT2D eigenvalue weighted by Gasteiger charge is -2.24. The molecule has 0 spiro atoms. The van der Waals surface area contributed by atoms with Gasteiger partial charge < -0.3 is 5.11 Å². The Labute approximate surface area is 113 Å². The van der Waals surface area contributed by atoms with Crippen LogP contribution in [0.5, 0.6) is 0 Å². The van der Waals surface area contributed by atoms with Gasteiger partial charge in [-0.1, -0.05) is 17.8 Å². The average molecular weight is 256 g/mol. The number of carbonyl (C=O) groups excluding carboxylic acids is 2. The van der Waals surface area contributed by atoms with Crippen LogP contribution in [0.4, 0.5) is 0 Å². The summed E-state index contributed by atoms with van der Waals surface area (Å²) in [5.74, 6) is 9.63. The highest BCUT2D eigenvalue weighted by Gasteiger charge is 2.38. The van der Waals surface area contributed by atoms with Gasteiger partial charge in [-0.15, -0.1) is 5.92 Å². The second-order valence-corrected chi connectivity index (χ2v) is 4.95. The standard InChI is InChI=1S/C16H16O3/c1-10-11(2)16(19)14-9-8-12(17)6-4-3-5-7-13(14)15(10)18/h12-14,17H,3-4,6H2,1-2H3. The molecule has 19 heavy (non-hydrogen) atoms. The molecular weight excluding hydrogens is 240 g/mol. The Kier molecular flexibility index (Phi) is 3.88. The molecule has 0 aromatic heterocycles. The van der Waals surface area contributed by atoms with E-state index in [1.165, 1.54) is 0 Å². The molecular formula is C16H16O3. The zero-order valence-corrected chi connectivity index (χ0v) is 11.1. The minimum Gasteiger partial charge on any atom is -0.380 e. The Bertz CT molecular complexity index is 575. The lowest BCUT2D eigenvalue weighted by atomic mass is 9.75. The maximum absolute atomic E-state index is 12.2. The van der Waals surface area contributed by atoms with Gasteiger partial charge in [0.1, 0.15) is 17.9 Å². The summed E-state index contributed by atoms with van der Waals surface area (Å²) in [6.07, 6.45) is 1.17. The second kappa shape index (κ2) is 5.43. The molecule has 3 atom stereocenters. The second-order valence-electron chi connectivity index (χ2n) is 4.95. The van der Waals surface area contributed by atoms with Crippen LogP contribution in [0.25, 0.3) is 0 Å². The average Bonchev–Trinajstić information content (AvgIpc) is 2.40. The predicted octanol–water partition coefficient (Wildman–Crippen LogP) is 1.26. The van der Waals surface area contributed by atoms with Crippen molar-refractivity contribution in [1.29, 1.82) is 0 Å². The SMILES string of the molecule is CC1=C(C)C(=O)C2C#CC(O)CCCC#CC2C1=O. The molecule has 0 bridgehead atoms. The molecule has 3 unspecified atom stereocenters. The molecule has 0 aliphatic heterocycles. The molecule has 0 radical (unpaired) electrons. The van der Waals surface area contributed by atoms with Gasteiger partial charge in [-0.25, -0.2) is 0 Å². The molecule has 0 amide bonds. The number of Topliss-reactive ketones (excluding diaryl/α,β-unsaturated/α-hetero) is 2. The molecule has 2 rings (SSSR count). The topological polar surface area (TPSA) is 54.4 Å². The maximum Gasteiger partial charge on any atom is 0.175 e. The van der Waals surface area contributed by atoms with Crippen molar-refractivity contribution in [3.63, 3.8) is 0 Å². The summed E-state index contributed by atoms with van der Waals surface area (Å²) in [5.41, 5.74) is 0.953. The van der Waals surface area contributed by atoms with E-state index in [1.54, 1.807) is 13.8 Å². The van der Waals surface area contributed by atoms with Gasteiger partial charge in [-0.3, -0.25) is 9.59 Å². The highest BCUT2D eigenvalue weighted by atomic mass is 16.3. The van der Waals surface area contributed by atoms with Crippen molar-refractivity contribution in [3.05, 3.63) is 11.1 Å². The summed E-state index contributed by atoms with van der Waals surface area (Å²) >= 11 is 0.